The number of nitrogens with zero attached hydrogens (tertiary/aromatic N) is 4. The molecule has 0 saturated carbocycles. The molecule has 1 aromatic carbocycles. The quantitative estimate of drug-likeness (QED) is 0.496. The number of carbonyl (C=O) groups excluding carboxylic acids is 1. The number of carbonyl (C=O) groups is 1. The number of aromatic nitrogens is 1. The number of thiophene rings is 1. The SMILES string of the molecule is CN(C)CCN(C(=O)[C@@H]1CCCN1S(=O)(=O)c1ccc(Cl)s1)c1nc2ccccc2s1. The van der Waals surface area contributed by atoms with Crippen LogP contribution in [0.3, 0.4) is 0 Å². The van der Waals surface area contributed by atoms with E-state index in [1.54, 1.807) is 11.0 Å². The highest BCUT2D eigenvalue weighted by Crippen LogP contribution is 2.34. The van der Waals surface area contributed by atoms with E-state index in [1.165, 1.54) is 21.7 Å². The third-order valence-corrected chi connectivity index (χ3v) is 9.82. The molecule has 3 aromatic rings. The van der Waals surface area contributed by atoms with E-state index in [1.807, 2.05) is 43.3 Å². The smallest absolute Gasteiger partial charge is 0.253 e. The minimum absolute atomic E-state index is 0.164. The third kappa shape index (κ3) is 4.64. The van der Waals surface area contributed by atoms with Crippen LogP contribution in [0, 0.1) is 0 Å². The van der Waals surface area contributed by atoms with Gasteiger partial charge >= 0.3 is 0 Å². The van der Waals surface area contributed by atoms with Gasteiger partial charge in [-0.2, -0.15) is 4.31 Å². The van der Waals surface area contributed by atoms with E-state index < -0.39 is 16.1 Å². The highest BCUT2D eigenvalue weighted by Gasteiger charge is 2.42. The molecule has 1 aliphatic rings. The summed E-state index contributed by atoms with van der Waals surface area (Å²) in [7, 11) is 0.0855. The van der Waals surface area contributed by atoms with Crippen molar-refractivity contribution in [1.82, 2.24) is 14.2 Å². The molecule has 31 heavy (non-hydrogen) atoms. The summed E-state index contributed by atoms with van der Waals surface area (Å²) in [6.07, 6.45) is 1.12. The van der Waals surface area contributed by atoms with Gasteiger partial charge in [-0.05, 0) is 51.2 Å². The van der Waals surface area contributed by atoms with E-state index in [2.05, 4.69) is 4.98 Å². The Labute approximate surface area is 194 Å². The lowest BCUT2D eigenvalue weighted by Crippen LogP contribution is -2.49. The van der Waals surface area contributed by atoms with Gasteiger partial charge in [-0.15, -0.1) is 11.3 Å². The molecule has 3 heterocycles. The number of thiazole rings is 1. The molecule has 0 N–H and O–H groups in total. The fourth-order valence-electron chi connectivity index (χ4n) is 3.58. The number of anilines is 1. The molecule has 7 nitrogen and oxygen atoms in total. The van der Waals surface area contributed by atoms with Gasteiger partial charge in [-0.3, -0.25) is 9.69 Å². The number of amides is 1. The van der Waals surface area contributed by atoms with Gasteiger partial charge in [-0.1, -0.05) is 35.1 Å². The maximum atomic E-state index is 13.7. The molecule has 1 amide bonds. The summed E-state index contributed by atoms with van der Waals surface area (Å²) in [5, 5.41) is 0.594. The maximum Gasteiger partial charge on any atom is 0.253 e. The molecule has 1 saturated heterocycles. The molecule has 1 aliphatic heterocycles. The van der Waals surface area contributed by atoms with E-state index in [9.17, 15) is 13.2 Å². The van der Waals surface area contributed by atoms with Crippen LogP contribution in [0.25, 0.3) is 10.2 Å². The van der Waals surface area contributed by atoms with Crippen molar-refractivity contribution in [3.8, 4) is 0 Å². The summed E-state index contributed by atoms with van der Waals surface area (Å²) in [5.41, 5.74) is 0.828. The van der Waals surface area contributed by atoms with Crippen molar-refractivity contribution >= 4 is 65.6 Å². The standard InChI is InChI=1S/C20H23ClN4O3S3/c1-23(2)12-13-24(20-22-14-6-3-4-8-16(14)29-20)19(26)15-7-5-11-25(15)31(27,28)18-10-9-17(21)30-18/h3-4,6,8-10,15H,5,7,11-13H2,1-2H3/t15-/m0/s1. The average molecular weight is 499 g/mol. The van der Waals surface area contributed by atoms with Crippen molar-refractivity contribution < 1.29 is 13.2 Å². The lowest BCUT2D eigenvalue weighted by molar-refractivity contribution is -0.121. The van der Waals surface area contributed by atoms with Crippen LogP contribution in [-0.4, -0.2) is 68.3 Å². The molecule has 1 fully saturated rings. The fourth-order valence-corrected chi connectivity index (χ4v) is 7.84. The van der Waals surface area contributed by atoms with Crippen LogP contribution in [0.5, 0.6) is 0 Å². The lowest BCUT2D eigenvalue weighted by atomic mass is 10.2. The Kier molecular flexibility index (Phi) is 6.66. The first-order chi connectivity index (χ1) is 14.8. The van der Waals surface area contributed by atoms with Gasteiger partial charge in [0.25, 0.3) is 10.0 Å². The predicted octanol–water partition coefficient (Wildman–Crippen LogP) is 3.76. The summed E-state index contributed by atoms with van der Waals surface area (Å²) in [6.45, 7) is 1.39. The summed E-state index contributed by atoms with van der Waals surface area (Å²) in [6, 6.07) is 10.0. The second-order valence-electron chi connectivity index (χ2n) is 7.59. The number of hydrogen-bond acceptors (Lipinski definition) is 7. The summed E-state index contributed by atoms with van der Waals surface area (Å²) in [5.74, 6) is -0.232. The maximum absolute atomic E-state index is 13.7. The molecule has 11 heteroatoms. The van der Waals surface area contributed by atoms with Crippen molar-refractivity contribution in [2.45, 2.75) is 23.1 Å². The fraction of sp³-hybridized carbons (Fsp3) is 0.400. The topological polar surface area (TPSA) is 73.8 Å². The number of para-hydroxylation sites is 1. The molecule has 4 rings (SSSR count). The van der Waals surface area contributed by atoms with Crippen LogP contribution in [0.1, 0.15) is 12.8 Å². The van der Waals surface area contributed by atoms with Crippen LogP contribution in [0.4, 0.5) is 5.13 Å². The Bertz CT molecular complexity index is 1160. The molecule has 0 spiro atoms. The molecule has 0 bridgehead atoms. The molecular formula is C20H23ClN4O3S3. The number of rotatable bonds is 7. The molecule has 2 aromatic heterocycles. The van der Waals surface area contributed by atoms with E-state index >= 15 is 0 Å². The number of halogens is 1. The van der Waals surface area contributed by atoms with Crippen molar-refractivity contribution in [2.24, 2.45) is 0 Å². The van der Waals surface area contributed by atoms with Crippen molar-refractivity contribution in [1.29, 1.82) is 0 Å². The zero-order chi connectivity index (χ0) is 22.2. The van der Waals surface area contributed by atoms with Gasteiger partial charge in [0.2, 0.25) is 5.91 Å². The largest absolute Gasteiger partial charge is 0.308 e. The first-order valence-electron chi connectivity index (χ1n) is 9.86. The number of hydrogen-bond donors (Lipinski definition) is 0. The Morgan fingerprint density at radius 1 is 1.19 bits per heavy atom. The zero-order valence-electron chi connectivity index (χ0n) is 17.2. The first kappa shape index (κ1) is 22.6. The van der Waals surface area contributed by atoms with Gasteiger partial charge in [0.05, 0.1) is 14.6 Å². The second-order valence-corrected chi connectivity index (χ2v) is 12.4. The Morgan fingerprint density at radius 2 is 1.97 bits per heavy atom. The van der Waals surface area contributed by atoms with Crippen LogP contribution in [-0.2, 0) is 14.8 Å². The van der Waals surface area contributed by atoms with Crippen molar-refractivity contribution in [2.75, 3.05) is 38.6 Å². The van der Waals surface area contributed by atoms with Gasteiger partial charge in [0.15, 0.2) is 5.13 Å². The molecule has 166 valence electrons. The van der Waals surface area contributed by atoms with E-state index in [-0.39, 0.29) is 10.1 Å². The Hall–Kier alpha value is -1.56. The minimum atomic E-state index is -3.79. The van der Waals surface area contributed by atoms with Crippen molar-refractivity contribution in [3.63, 3.8) is 0 Å². The minimum Gasteiger partial charge on any atom is -0.308 e. The van der Waals surface area contributed by atoms with Gasteiger partial charge in [0, 0.05) is 19.6 Å². The third-order valence-electron chi connectivity index (χ3n) is 5.15. The van der Waals surface area contributed by atoms with Gasteiger partial charge in [0.1, 0.15) is 10.3 Å². The summed E-state index contributed by atoms with van der Waals surface area (Å²) < 4.78 is 29.3. The Balaban J connectivity index is 1.66. The summed E-state index contributed by atoms with van der Waals surface area (Å²) >= 11 is 8.42. The van der Waals surface area contributed by atoms with Crippen LogP contribution < -0.4 is 4.90 Å². The Morgan fingerprint density at radius 3 is 2.65 bits per heavy atom. The zero-order valence-corrected chi connectivity index (χ0v) is 20.4. The van der Waals surface area contributed by atoms with E-state index in [4.69, 9.17) is 11.6 Å². The highest BCUT2D eigenvalue weighted by atomic mass is 35.5. The number of likely N-dealkylation sites (N-methyl/N-ethyl adjacent to an activating group) is 1. The first-order valence-corrected chi connectivity index (χ1v) is 13.3. The molecule has 0 aliphatic carbocycles. The van der Waals surface area contributed by atoms with Gasteiger partial charge in [-0.25, -0.2) is 13.4 Å². The summed E-state index contributed by atoms with van der Waals surface area (Å²) in [4.78, 5) is 22.0. The van der Waals surface area contributed by atoms with E-state index in [0.717, 1.165) is 21.6 Å². The van der Waals surface area contributed by atoms with Crippen LogP contribution in [0.2, 0.25) is 4.34 Å². The molecule has 0 unspecified atom stereocenters. The number of fused-ring (bicyclic) bond motifs is 1. The predicted molar refractivity (Wildman–Crippen MR) is 127 cm³/mol. The molecule has 1 atom stereocenters. The monoisotopic (exact) mass is 498 g/mol. The highest BCUT2D eigenvalue weighted by molar-refractivity contribution is 7.91. The molecule has 0 radical (unpaired) electrons. The average Bonchev–Trinajstić information content (AvgIpc) is 3.46. The van der Waals surface area contributed by atoms with E-state index in [0.29, 0.717) is 41.9 Å². The van der Waals surface area contributed by atoms with Crippen LogP contribution >= 0.6 is 34.3 Å². The van der Waals surface area contributed by atoms with Crippen LogP contribution in [0.15, 0.2) is 40.6 Å². The normalized spacial score (nSPS) is 17.6. The second kappa shape index (κ2) is 9.13. The molecular weight excluding hydrogens is 476 g/mol. The lowest BCUT2D eigenvalue weighted by Gasteiger charge is -2.29. The number of sulfonamides is 1. The van der Waals surface area contributed by atoms with Gasteiger partial charge < -0.3 is 4.90 Å². The number of benzene rings is 1. The van der Waals surface area contributed by atoms with Crippen molar-refractivity contribution in [3.05, 3.63) is 40.7 Å².